The molecule has 88 valence electrons. The second kappa shape index (κ2) is 4.95. The van der Waals surface area contributed by atoms with Gasteiger partial charge in [0.2, 0.25) is 5.91 Å². The van der Waals surface area contributed by atoms with E-state index in [1.54, 1.807) is 13.8 Å². The highest BCUT2D eigenvalue weighted by atomic mass is 35.5. The molecule has 16 heavy (non-hydrogen) atoms. The summed E-state index contributed by atoms with van der Waals surface area (Å²) >= 11 is 11.5. The summed E-state index contributed by atoms with van der Waals surface area (Å²) in [5.41, 5.74) is 5.12. The van der Waals surface area contributed by atoms with Crippen molar-refractivity contribution in [3.05, 3.63) is 16.5 Å². The lowest BCUT2D eigenvalue weighted by molar-refractivity contribution is -0.117. The van der Waals surface area contributed by atoms with Crippen LogP contribution in [-0.4, -0.2) is 21.4 Å². The predicted molar refractivity (Wildman–Crippen MR) is 63.6 cm³/mol. The van der Waals surface area contributed by atoms with Crippen LogP contribution in [0.1, 0.15) is 20.3 Å². The number of nitrogens with one attached hydrogen (secondary N) is 1. The van der Waals surface area contributed by atoms with Gasteiger partial charge in [0.1, 0.15) is 11.3 Å². The molecule has 1 aromatic heterocycles. The van der Waals surface area contributed by atoms with Crippen molar-refractivity contribution in [3.63, 3.8) is 0 Å². The highest BCUT2D eigenvalue weighted by molar-refractivity contribution is 6.42. The van der Waals surface area contributed by atoms with E-state index in [1.165, 1.54) is 6.33 Å². The van der Waals surface area contributed by atoms with E-state index in [4.69, 9.17) is 28.9 Å². The van der Waals surface area contributed by atoms with Gasteiger partial charge in [-0.3, -0.25) is 4.79 Å². The Kier molecular flexibility index (Phi) is 4.07. The number of amides is 1. The molecule has 1 amide bonds. The lowest BCUT2D eigenvalue weighted by Gasteiger charge is -2.17. The zero-order chi connectivity index (χ0) is 12.3. The quantitative estimate of drug-likeness (QED) is 0.815. The minimum Gasteiger partial charge on any atom is -0.325 e. The van der Waals surface area contributed by atoms with Crippen molar-refractivity contribution in [1.82, 2.24) is 9.97 Å². The van der Waals surface area contributed by atoms with Crippen molar-refractivity contribution >= 4 is 34.9 Å². The predicted octanol–water partition coefficient (Wildman–Crippen LogP) is 1.85. The molecule has 0 spiro atoms. The van der Waals surface area contributed by atoms with Gasteiger partial charge in [-0.15, -0.1) is 0 Å². The molecule has 0 saturated carbocycles. The number of carbonyl (C=O) groups is 1. The first-order chi connectivity index (χ1) is 7.29. The number of hydrogen-bond donors (Lipinski definition) is 2. The van der Waals surface area contributed by atoms with E-state index in [0.717, 1.165) is 0 Å². The van der Waals surface area contributed by atoms with Crippen LogP contribution in [0.15, 0.2) is 6.33 Å². The highest BCUT2D eigenvalue weighted by Crippen LogP contribution is 2.25. The number of aromatic nitrogens is 2. The average molecular weight is 263 g/mol. The Hall–Kier alpha value is -0.910. The summed E-state index contributed by atoms with van der Waals surface area (Å²) in [6.07, 6.45) is 1.38. The summed E-state index contributed by atoms with van der Waals surface area (Å²) in [7, 11) is 0. The number of nitrogens with two attached hydrogens (primary N) is 1. The molecule has 0 bridgehead atoms. The van der Waals surface area contributed by atoms with Gasteiger partial charge in [0.05, 0.1) is 0 Å². The van der Waals surface area contributed by atoms with Crippen LogP contribution in [0.2, 0.25) is 10.2 Å². The molecule has 7 heteroatoms. The van der Waals surface area contributed by atoms with Gasteiger partial charge >= 0.3 is 0 Å². The molecule has 0 unspecified atom stereocenters. The Morgan fingerprint density at radius 1 is 1.50 bits per heavy atom. The minimum atomic E-state index is -0.590. The third-order valence-corrected chi connectivity index (χ3v) is 2.36. The lowest BCUT2D eigenvalue weighted by Crippen LogP contribution is -2.36. The third kappa shape index (κ3) is 3.92. The molecule has 0 aromatic carbocycles. The third-order valence-electron chi connectivity index (χ3n) is 1.62. The van der Waals surface area contributed by atoms with Crippen LogP contribution in [0, 0.1) is 0 Å². The summed E-state index contributed by atoms with van der Waals surface area (Å²) in [5.74, 6) is -0.0833. The van der Waals surface area contributed by atoms with Crippen LogP contribution in [0.25, 0.3) is 0 Å². The Labute approximate surface area is 103 Å². The van der Waals surface area contributed by atoms with Crippen LogP contribution in [-0.2, 0) is 4.79 Å². The monoisotopic (exact) mass is 262 g/mol. The van der Waals surface area contributed by atoms with E-state index in [-0.39, 0.29) is 28.3 Å². The topological polar surface area (TPSA) is 80.9 Å². The summed E-state index contributed by atoms with van der Waals surface area (Å²) in [5, 5.41) is 2.74. The first-order valence-electron chi connectivity index (χ1n) is 4.54. The van der Waals surface area contributed by atoms with E-state index in [1.807, 2.05) is 0 Å². The summed E-state index contributed by atoms with van der Waals surface area (Å²) in [6.45, 7) is 3.50. The molecule has 0 saturated heterocycles. The van der Waals surface area contributed by atoms with Crippen LogP contribution < -0.4 is 11.1 Å². The maximum Gasteiger partial charge on any atom is 0.227 e. The van der Waals surface area contributed by atoms with Gasteiger partial charge < -0.3 is 11.1 Å². The molecule has 3 N–H and O–H groups in total. The van der Waals surface area contributed by atoms with Crippen molar-refractivity contribution in [2.75, 3.05) is 5.32 Å². The van der Waals surface area contributed by atoms with E-state index in [2.05, 4.69) is 15.3 Å². The molecule has 1 aromatic rings. The first-order valence-corrected chi connectivity index (χ1v) is 5.30. The summed E-state index contributed by atoms with van der Waals surface area (Å²) in [6, 6.07) is 0. The molecule has 1 rings (SSSR count). The van der Waals surface area contributed by atoms with E-state index in [0.29, 0.717) is 0 Å². The van der Waals surface area contributed by atoms with E-state index < -0.39 is 5.54 Å². The second-order valence-electron chi connectivity index (χ2n) is 4.04. The van der Waals surface area contributed by atoms with Crippen molar-refractivity contribution in [2.45, 2.75) is 25.8 Å². The fourth-order valence-electron chi connectivity index (χ4n) is 1.03. The minimum absolute atomic E-state index is 0.0963. The van der Waals surface area contributed by atoms with Gasteiger partial charge in [-0.05, 0) is 13.8 Å². The summed E-state index contributed by atoms with van der Waals surface area (Å²) in [4.78, 5) is 19.0. The van der Waals surface area contributed by atoms with Gasteiger partial charge in [0.25, 0.3) is 0 Å². The van der Waals surface area contributed by atoms with Crippen LogP contribution >= 0.6 is 23.2 Å². The SMILES string of the molecule is CC(C)(N)CC(=O)Nc1ncnc(Cl)c1Cl. The maximum atomic E-state index is 11.5. The number of rotatable bonds is 3. The highest BCUT2D eigenvalue weighted by Gasteiger charge is 2.18. The van der Waals surface area contributed by atoms with Crippen LogP contribution in [0.4, 0.5) is 5.82 Å². The molecule has 0 radical (unpaired) electrons. The van der Waals surface area contributed by atoms with Gasteiger partial charge in [-0.25, -0.2) is 9.97 Å². The van der Waals surface area contributed by atoms with E-state index in [9.17, 15) is 4.79 Å². The summed E-state index contributed by atoms with van der Waals surface area (Å²) < 4.78 is 0. The van der Waals surface area contributed by atoms with Crippen molar-refractivity contribution in [1.29, 1.82) is 0 Å². The number of carbonyl (C=O) groups excluding carboxylic acids is 1. The normalized spacial score (nSPS) is 11.3. The lowest BCUT2D eigenvalue weighted by atomic mass is 10.0. The fourth-order valence-corrected chi connectivity index (χ4v) is 1.30. The number of halogens is 2. The van der Waals surface area contributed by atoms with Crippen LogP contribution in [0.3, 0.4) is 0 Å². The molecular weight excluding hydrogens is 251 g/mol. The zero-order valence-electron chi connectivity index (χ0n) is 8.92. The maximum absolute atomic E-state index is 11.5. The first kappa shape index (κ1) is 13.2. The van der Waals surface area contributed by atoms with Crippen molar-refractivity contribution in [2.24, 2.45) is 5.73 Å². The molecule has 0 aliphatic rings. The Morgan fingerprint density at radius 2 is 2.12 bits per heavy atom. The Morgan fingerprint density at radius 3 is 2.69 bits per heavy atom. The molecule has 0 aliphatic heterocycles. The molecule has 0 fully saturated rings. The van der Waals surface area contributed by atoms with E-state index >= 15 is 0 Å². The number of nitrogens with zero attached hydrogens (tertiary/aromatic N) is 2. The van der Waals surface area contributed by atoms with Crippen molar-refractivity contribution in [3.8, 4) is 0 Å². The standard InChI is InChI=1S/C9H12Cl2N4O/c1-9(2,12)3-5(16)15-8-6(10)7(11)13-4-14-8/h4H,3,12H2,1-2H3,(H,13,14,15,16). The Balaban J connectivity index is 2.74. The van der Waals surface area contributed by atoms with Gasteiger partial charge in [0, 0.05) is 12.0 Å². The largest absolute Gasteiger partial charge is 0.325 e. The number of anilines is 1. The van der Waals surface area contributed by atoms with Crippen LogP contribution in [0.5, 0.6) is 0 Å². The molecular formula is C9H12Cl2N4O. The van der Waals surface area contributed by atoms with Crippen molar-refractivity contribution < 1.29 is 4.79 Å². The number of hydrogen-bond acceptors (Lipinski definition) is 4. The van der Waals surface area contributed by atoms with Gasteiger partial charge in [-0.1, -0.05) is 23.2 Å². The molecule has 1 heterocycles. The molecule has 5 nitrogen and oxygen atoms in total. The Bertz CT molecular complexity index is 403. The fraction of sp³-hybridized carbons (Fsp3) is 0.444. The zero-order valence-corrected chi connectivity index (χ0v) is 10.4. The smallest absolute Gasteiger partial charge is 0.227 e. The van der Waals surface area contributed by atoms with Gasteiger partial charge in [0.15, 0.2) is 11.0 Å². The van der Waals surface area contributed by atoms with Gasteiger partial charge in [-0.2, -0.15) is 0 Å². The molecule has 0 atom stereocenters. The average Bonchev–Trinajstić information content (AvgIpc) is 2.09. The molecule has 0 aliphatic carbocycles. The second-order valence-corrected chi connectivity index (χ2v) is 4.78.